The molecule has 0 aromatic heterocycles. The summed E-state index contributed by atoms with van der Waals surface area (Å²) in [5.41, 5.74) is 0. The monoisotopic (exact) mass is 295 g/mol. The van der Waals surface area contributed by atoms with Crippen LogP contribution in [-0.4, -0.2) is 36.6 Å². The lowest BCUT2D eigenvalue weighted by molar-refractivity contribution is -0.151. The molecule has 1 heterocycles. The van der Waals surface area contributed by atoms with Crippen LogP contribution in [0.3, 0.4) is 0 Å². The zero-order chi connectivity index (χ0) is 15.1. The number of ether oxygens (including phenoxy) is 1. The largest absolute Gasteiger partial charge is 0.464 e. The molecule has 0 aromatic carbocycles. The van der Waals surface area contributed by atoms with E-state index in [1.54, 1.807) is 0 Å². The van der Waals surface area contributed by atoms with Crippen LogP contribution < -0.4 is 0 Å². The first-order chi connectivity index (χ1) is 10.3. The predicted molar refractivity (Wildman–Crippen MR) is 86.2 cm³/mol. The lowest BCUT2D eigenvalue weighted by Crippen LogP contribution is -2.33. The van der Waals surface area contributed by atoms with Gasteiger partial charge in [-0.3, -0.25) is 9.69 Å². The van der Waals surface area contributed by atoms with E-state index in [1.165, 1.54) is 51.5 Å². The number of hydrogen-bond donors (Lipinski definition) is 0. The Bertz CT molecular complexity index is 312. The summed E-state index contributed by atoms with van der Waals surface area (Å²) in [5.74, 6) is 0.835. The Balaban J connectivity index is 1.73. The quantitative estimate of drug-likeness (QED) is 0.634. The third kappa shape index (κ3) is 4.70. The highest BCUT2D eigenvalue weighted by Gasteiger charge is 2.31. The van der Waals surface area contributed by atoms with Gasteiger partial charge in [0.25, 0.3) is 0 Å². The van der Waals surface area contributed by atoms with Crippen LogP contribution in [0.4, 0.5) is 0 Å². The van der Waals surface area contributed by atoms with Crippen molar-refractivity contribution in [1.82, 2.24) is 4.90 Å². The van der Waals surface area contributed by atoms with Crippen LogP contribution >= 0.6 is 0 Å². The van der Waals surface area contributed by atoms with Crippen molar-refractivity contribution in [2.24, 2.45) is 11.8 Å². The van der Waals surface area contributed by atoms with Crippen molar-refractivity contribution in [2.45, 2.75) is 77.7 Å². The van der Waals surface area contributed by atoms with Gasteiger partial charge in [0, 0.05) is 12.6 Å². The van der Waals surface area contributed by atoms with E-state index in [-0.39, 0.29) is 11.9 Å². The molecule has 2 unspecified atom stereocenters. The van der Waals surface area contributed by atoms with Gasteiger partial charge < -0.3 is 4.74 Å². The Morgan fingerprint density at radius 3 is 2.62 bits per heavy atom. The first kappa shape index (κ1) is 16.8. The fourth-order valence-corrected chi connectivity index (χ4v) is 4.24. The second-order valence-electron chi connectivity index (χ2n) is 6.85. The van der Waals surface area contributed by atoms with Gasteiger partial charge in [-0.1, -0.05) is 33.1 Å². The van der Waals surface area contributed by atoms with E-state index in [0.29, 0.717) is 18.6 Å². The maximum atomic E-state index is 12.4. The van der Waals surface area contributed by atoms with Crippen molar-refractivity contribution >= 4 is 5.97 Å². The highest BCUT2D eigenvalue weighted by atomic mass is 16.5. The van der Waals surface area contributed by atoms with E-state index in [9.17, 15) is 4.79 Å². The zero-order valence-corrected chi connectivity index (χ0v) is 14.0. The fraction of sp³-hybridized carbons (Fsp3) is 0.944. The van der Waals surface area contributed by atoms with E-state index in [1.807, 2.05) is 0 Å². The minimum Gasteiger partial charge on any atom is -0.464 e. The number of carbonyl (C=O) groups excluding carboxylic acids is 1. The second-order valence-corrected chi connectivity index (χ2v) is 6.85. The third-order valence-electron chi connectivity index (χ3n) is 5.46. The number of hydrogen-bond acceptors (Lipinski definition) is 3. The third-order valence-corrected chi connectivity index (χ3v) is 5.46. The van der Waals surface area contributed by atoms with Crippen molar-refractivity contribution in [3.63, 3.8) is 0 Å². The summed E-state index contributed by atoms with van der Waals surface area (Å²) in [6.45, 7) is 7.12. The normalized spacial score (nSPS) is 25.3. The van der Waals surface area contributed by atoms with Gasteiger partial charge in [-0.05, 0) is 51.0 Å². The Hall–Kier alpha value is -0.570. The van der Waals surface area contributed by atoms with Crippen molar-refractivity contribution in [3.8, 4) is 0 Å². The van der Waals surface area contributed by atoms with Crippen molar-refractivity contribution in [3.05, 3.63) is 0 Å². The van der Waals surface area contributed by atoms with Crippen LogP contribution in [0, 0.1) is 11.8 Å². The van der Waals surface area contributed by atoms with Gasteiger partial charge in [0.15, 0.2) is 0 Å². The van der Waals surface area contributed by atoms with E-state index in [2.05, 4.69) is 18.7 Å². The molecule has 1 aliphatic heterocycles. The highest BCUT2D eigenvalue weighted by Crippen LogP contribution is 2.34. The summed E-state index contributed by atoms with van der Waals surface area (Å²) < 4.78 is 5.64. The standard InChI is InChI=1S/C18H33NO2/c1-3-8-17(15-9-5-6-10-15)18(20)21-14-13-19-12-7-11-16(19)4-2/h15-17H,3-14H2,1-2H3. The number of esters is 1. The molecule has 1 aliphatic carbocycles. The van der Waals surface area contributed by atoms with E-state index in [0.717, 1.165) is 19.4 Å². The minimum absolute atomic E-state index is 0.0796. The van der Waals surface area contributed by atoms with Gasteiger partial charge in [0.2, 0.25) is 0 Å². The van der Waals surface area contributed by atoms with E-state index >= 15 is 0 Å². The maximum Gasteiger partial charge on any atom is 0.309 e. The Kier molecular flexibility index (Phi) is 7.01. The first-order valence-corrected chi connectivity index (χ1v) is 9.17. The van der Waals surface area contributed by atoms with E-state index < -0.39 is 0 Å². The molecule has 2 aliphatic rings. The van der Waals surface area contributed by atoms with Crippen LogP contribution in [0.15, 0.2) is 0 Å². The summed E-state index contributed by atoms with van der Waals surface area (Å²) in [6, 6.07) is 0.713. The van der Waals surface area contributed by atoms with Gasteiger partial charge in [0.05, 0.1) is 5.92 Å². The fourth-order valence-electron chi connectivity index (χ4n) is 4.24. The molecule has 0 aromatic rings. The maximum absolute atomic E-state index is 12.4. The van der Waals surface area contributed by atoms with Crippen LogP contribution in [-0.2, 0) is 9.53 Å². The molecule has 0 radical (unpaired) electrons. The highest BCUT2D eigenvalue weighted by molar-refractivity contribution is 5.72. The number of likely N-dealkylation sites (tertiary alicyclic amines) is 1. The number of nitrogens with zero attached hydrogens (tertiary/aromatic N) is 1. The second kappa shape index (κ2) is 8.77. The summed E-state index contributed by atoms with van der Waals surface area (Å²) in [4.78, 5) is 14.9. The van der Waals surface area contributed by atoms with Gasteiger partial charge in [-0.15, -0.1) is 0 Å². The van der Waals surface area contributed by atoms with Crippen molar-refractivity contribution in [1.29, 1.82) is 0 Å². The zero-order valence-electron chi connectivity index (χ0n) is 14.0. The molecular formula is C18H33NO2. The molecular weight excluding hydrogens is 262 g/mol. The molecule has 2 rings (SSSR count). The minimum atomic E-state index is 0.0796. The van der Waals surface area contributed by atoms with Gasteiger partial charge in [-0.25, -0.2) is 0 Å². The SMILES string of the molecule is CCCC(C(=O)OCCN1CCCC1CC)C1CCCC1. The first-order valence-electron chi connectivity index (χ1n) is 9.17. The summed E-state index contributed by atoms with van der Waals surface area (Å²) in [5, 5.41) is 0. The van der Waals surface area contributed by atoms with Gasteiger partial charge >= 0.3 is 5.97 Å². The average Bonchev–Trinajstić information content (AvgIpc) is 3.15. The molecule has 122 valence electrons. The van der Waals surface area contributed by atoms with Crippen molar-refractivity contribution in [2.75, 3.05) is 19.7 Å². The van der Waals surface area contributed by atoms with Crippen LogP contribution in [0.1, 0.15) is 71.6 Å². The lowest BCUT2D eigenvalue weighted by Gasteiger charge is -2.25. The predicted octanol–water partition coefficient (Wildman–Crippen LogP) is 4.01. The smallest absolute Gasteiger partial charge is 0.309 e. The lowest BCUT2D eigenvalue weighted by atomic mass is 9.87. The summed E-state index contributed by atoms with van der Waals surface area (Å²) >= 11 is 0. The topological polar surface area (TPSA) is 29.5 Å². The number of carbonyl (C=O) groups is 1. The average molecular weight is 295 g/mol. The summed E-state index contributed by atoms with van der Waals surface area (Å²) in [6.07, 6.45) is 11.0. The molecule has 3 heteroatoms. The Morgan fingerprint density at radius 2 is 1.95 bits per heavy atom. The summed E-state index contributed by atoms with van der Waals surface area (Å²) in [7, 11) is 0. The molecule has 1 saturated carbocycles. The van der Waals surface area contributed by atoms with Crippen LogP contribution in [0.25, 0.3) is 0 Å². The molecule has 21 heavy (non-hydrogen) atoms. The molecule has 1 saturated heterocycles. The van der Waals surface area contributed by atoms with Crippen molar-refractivity contribution < 1.29 is 9.53 Å². The number of rotatable bonds is 8. The van der Waals surface area contributed by atoms with Crippen LogP contribution in [0.5, 0.6) is 0 Å². The molecule has 3 nitrogen and oxygen atoms in total. The van der Waals surface area contributed by atoms with Gasteiger partial charge in [0.1, 0.15) is 6.61 Å². The Morgan fingerprint density at radius 1 is 1.19 bits per heavy atom. The van der Waals surface area contributed by atoms with Gasteiger partial charge in [-0.2, -0.15) is 0 Å². The molecule has 0 amide bonds. The van der Waals surface area contributed by atoms with E-state index in [4.69, 9.17) is 4.74 Å². The Labute approximate surface area is 130 Å². The molecule has 2 fully saturated rings. The van der Waals surface area contributed by atoms with Crippen LogP contribution in [0.2, 0.25) is 0 Å². The molecule has 0 bridgehead atoms. The molecule has 2 atom stereocenters. The molecule has 0 spiro atoms. The molecule has 0 N–H and O–H groups in total.